The Morgan fingerprint density at radius 2 is 1.65 bits per heavy atom. The maximum atomic E-state index is 14.6. The van der Waals surface area contributed by atoms with Gasteiger partial charge in [0.25, 0.3) is 5.91 Å². The number of β-amino-alcohol motifs (C(OH)–C–C–N with tert-alkyl or cyclic N) is 1. The number of ether oxygens (including phenoxy) is 1. The van der Waals surface area contributed by atoms with Gasteiger partial charge in [0.2, 0.25) is 5.91 Å². The Hall–Kier alpha value is -4.31. The van der Waals surface area contributed by atoms with Crippen LogP contribution in [0.5, 0.6) is 0 Å². The maximum Gasteiger partial charge on any atom is 0.411 e. The third-order valence-corrected chi connectivity index (χ3v) is 7.14. The normalized spacial score (nSPS) is 17.7. The molecular weight excluding hydrogens is 546 g/mol. The predicted octanol–water partition coefficient (Wildman–Crippen LogP) is 4.54. The average Bonchev–Trinajstić information content (AvgIpc) is 3.36. The summed E-state index contributed by atoms with van der Waals surface area (Å²) < 4.78 is 5.58. The van der Waals surface area contributed by atoms with Crippen LogP contribution in [0.15, 0.2) is 73.3 Å². The molecule has 1 aliphatic rings. The summed E-state index contributed by atoms with van der Waals surface area (Å²) in [4.78, 5) is 52.8. The summed E-state index contributed by atoms with van der Waals surface area (Å²) >= 11 is 0. The van der Waals surface area contributed by atoms with Crippen LogP contribution in [0.4, 0.5) is 10.5 Å². The van der Waals surface area contributed by atoms with Crippen molar-refractivity contribution < 1.29 is 24.2 Å². The summed E-state index contributed by atoms with van der Waals surface area (Å²) in [7, 11) is 0. The molecule has 3 heterocycles. The van der Waals surface area contributed by atoms with Gasteiger partial charge in [0, 0.05) is 49.0 Å². The summed E-state index contributed by atoms with van der Waals surface area (Å²) in [5.41, 5.74) is 1.86. The van der Waals surface area contributed by atoms with Crippen LogP contribution in [0.25, 0.3) is 0 Å². The monoisotopic (exact) mass is 587 g/mol. The topological polar surface area (TPSA) is 125 Å². The Morgan fingerprint density at radius 3 is 2.21 bits per heavy atom. The van der Waals surface area contributed by atoms with Crippen LogP contribution < -0.4 is 10.2 Å². The number of nitrogens with zero attached hydrogens (tertiary/aromatic N) is 4. The van der Waals surface area contributed by atoms with Gasteiger partial charge in [-0.25, -0.2) is 4.79 Å². The minimum absolute atomic E-state index is 0.00567. The second-order valence-corrected chi connectivity index (χ2v) is 12.8. The number of aliphatic hydroxyl groups excluding tert-OH is 1. The molecule has 0 spiro atoms. The van der Waals surface area contributed by atoms with Gasteiger partial charge in [-0.05, 0) is 61.6 Å². The lowest BCUT2D eigenvalue weighted by Gasteiger charge is -2.36. The van der Waals surface area contributed by atoms with E-state index in [1.165, 1.54) is 9.80 Å². The molecule has 1 fully saturated rings. The van der Waals surface area contributed by atoms with Gasteiger partial charge in [-0.15, -0.1) is 0 Å². The Labute approximate surface area is 253 Å². The van der Waals surface area contributed by atoms with E-state index in [0.717, 1.165) is 11.1 Å². The maximum absolute atomic E-state index is 14.6. The molecule has 10 nitrogen and oxygen atoms in total. The molecule has 0 saturated carbocycles. The van der Waals surface area contributed by atoms with Crippen molar-refractivity contribution in [1.82, 2.24) is 20.2 Å². The number of aromatic nitrogens is 2. The molecule has 3 atom stereocenters. The van der Waals surface area contributed by atoms with E-state index in [1.54, 1.807) is 75.9 Å². The number of carbonyl (C=O) groups is 3. The Balaban J connectivity index is 1.79. The van der Waals surface area contributed by atoms with Crippen LogP contribution in [0, 0.1) is 0 Å². The van der Waals surface area contributed by atoms with Gasteiger partial charge in [-0.1, -0.05) is 45.0 Å². The van der Waals surface area contributed by atoms with E-state index in [-0.39, 0.29) is 24.9 Å². The molecule has 0 radical (unpaired) electrons. The van der Waals surface area contributed by atoms with Crippen LogP contribution in [-0.4, -0.2) is 62.2 Å². The molecule has 2 N–H and O–H groups in total. The number of likely N-dealkylation sites (tertiary alicyclic amines) is 1. The third-order valence-electron chi connectivity index (χ3n) is 7.14. The van der Waals surface area contributed by atoms with Crippen LogP contribution in [-0.2, 0) is 26.3 Å². The van der Waals surface area contributed by atoms with Crippen molar-refractivity contribution in [2.45, 2.75) is 83.7 Å². The molecule has 1 unspecified atom stereocenters. The molecule has 2 aromatic heterocycles. The highest BCUT2D eigenvalue weighted by Crippen LogP contribution is 2.34. The molecule has 3 amide bonds. The van der Waals surface area contributed by atoms with Gasteiger partial charge in [-0.3, -0.25) is 29.4 Å². The number of aliphatic hydroxyl groups is 1. The zero-order valence-corrected chi connectivity index (χ0v) is 25.7. The van der Waals surface area contributed by atoms with E-state index in [0.29, 0.717) is 11.3 Å². The second kappa shape index (κ2) is 12.9. The van der Waals surface area contributed by atoms with Crippen LogP contribution in [0.3, 0.4) is 0 Å². The minimum Gasteiger partial charge on any atom is -0.444 e. The fourth-order valence-electron chi connectivity index (χ4n) is 5.00. The van der Waals surface area contributed by atoms with Gasteiger partial charge in [0.05, 0.1) is 12.6 Å². The molecule has 43 heavy (non-hydrogen) atoms. The van der Waals surface area contributed by atoms with E-state index >= 15 is 0 Å². The van der Waals surface area contributed by atoms with Gasteiger partial charge in [-0.2, -0.15) is 0 Å². The van der Waals surface area contributed by atoms with E-state index in [1.807, 2.05) is 18.2 Å². The first kappa shape index (κ1) is 31.6. The minimum atomic E-state index is -1.13. The summed E-state index contributed by atoms with van der Waals surface area (Å²) in [6.07, 6.45) is 4.83. The summed E-state index contributed by atoms with van der Waals surface area (Å²) in [6, 6.07) is 12.3. The molecule has 0 aliphatic carbocycles. The van der Waals surface area contributed by atoms with Crippen LogP contribution >= 0.6 is 0 Å². The first-order valence-corrected chi connectivity index (χ1v) is 14.4. The van der Waals surface area contributed by atoms with E-state index < -0.39 is 41.7 Å². The number of nitrogens with one attached hydrogen (secondary N) is 1. The lowest BCUT2D eigenvalue weighted by atomic mass is 9.87. The van der Waals surface area contributed by atoms with Crippen molar-refractivity contribution in [1.29, 1.82) is 0 Å². The number of pyridine rings is 2. The lowest BCUT2D eigenvalue weighted by molar-refractivity contribution is -0.128. The number of hydrogen-bond acceptors (Lipinski definition) is 7. The molecule has 1 aromatic carbocycles. The Bertz CT molecular complexity index is 1400. The molecule has 0 bridgehead atoms. The number of amides is 3. The van der Waals surface area contributed by atoms with Crippen molar-refractivity contribution in [3.05, 3.63) is 90.0 Å². The zero-order valence-electron chi connectivity index (χ0n) is 25.7. The Morgan fingerprint density at radius 1 is 1.00 bits per heavy atom. The standard InChI is InChI=1S/C33H41N5O5/c1-32(2,3)24-11-13-25(14-12-24)38(30(41)27-17-26(39)21-37(27)31(42)43-33(4,5)6)28(23-10-8-16-35-20-23)29(40)36-19-22-9-7-15-34-18-22/h7-16,18,20,26-28,39H,17,19,21H2,1-6H3,(H,36,40)/t26-,27-,28?/m1/s1. The van der Waals surface area contributed by atoms with Crippen LogP contribution in [0.2, 0.25) is 0 Å². The predicted molar refractivity (Wildman–Crippen MR) is 163 cm³/mol. The number of rotatable bonds is 7. The quantitative estimate of drug-likeness (QED) is 0.416. The fraction of sp³-hybridized carbons (Fsp3) is 0.424. The van der Waals surface area contributed by atoms with Crippen molar-refractivity contribution in [3.63, 3.8) is 0 Å². The summed E-state index contributed by atoms with van der Waals surface area (Å²) in [5.74, 6) is -0.955. The molecule has 1 aliphatic heterocycles. The highest BCUT2D eigenvalue weighted by molar-refractivity contribution is 6.04. The molecule has 3 aromatic rings. The number of benzene rings is 1. The third kappa shape index (κ3) is 7.95. The van der Waals surface area contributed by atoms with Gasteiger partial charge in [0.1, 0.15) is 17.7 Å². The molecule has 1 saturated heterocycles. The van der Waals surface area contributed by atoms with Crippen molar-refractivity contribution in [3.8, 4) is 0 Å². The first-order chi connectivity index (χ1) is 20.2. The summed E-state index contributed by atoms with van der Waals surface area (Å²) in [5, 5.41) is 13.6. The highest BCUT2D eigenvalue weighted by atomic mass is 16.6. The van der Waals surface area contributed by atoms with E-state index in [9.17, 15) is 19.5 Å². The van der Waals surface area contributed by atoms with Gasteiger partial charge in [0.15, 0.2) is 0 Å². The summed E-state index contributed by atoms with van der Waals surface area (Å²) in [6.45, 7) is 11.6. The van der Waals surface area contributed by atoms with E-state index in [4.69, 9.17) is 4.74 Å². The lowest BCUT2D eigenvalue weighted by Crippen LogP contribution is -2.52. The van der Waals surface area contributed by atoms with Crippen molar-refractivity contribution in [2.24, 2.45) is 0 Å². The van der Waals surface area contributed by atoms with Crippen molar-refractivity contribution >= 4 is 23.6 Å². The number of anilines is 1. The van der Waals surface area contributed by atoms with E-state index in [2.05, 4.69) is 36.1 Å². The number of carbonyl (C=O) groups excluding carboxylic acids is 3. The number of hydrogen-bond donors (Lipinski definition) is 2. The second-order valence-electron chi connectivity index (χ2n) is 12.8. The molecule has 228 valence electrons. The SMILES string of the molecule is CC(C)(C)OC(=O)N1C[C@H](O)C[C@@H]1C(=O)N(c1ccc(C(C)(C)C)cc1)C(C(=O)NCc1cccnc1)c1cccnc1. The Kier molecular flexibility index (Phi) is 9.49. The average molecular weight is 588 g/mol. The highest BCUT2D eigenvalue weighted by Gasteiger charge is 2.45. The molecular formula is C33H41N5O5. The zero-order chi connectivity index (χ0) is 31.4. The fourth-order valence-corrected chi connectivity index (χ4v) is 5.00. The van der Waals surface area contributed by atoms with Crippen molar-refractivity contribution in [2.75, 3.05) is 11.4 Å². The molecule has 4 rings (SSSR count). The molecule has 10 heteroatoms. The van der Waals surface area contributed by atoms with Crippen LogP contribution in [0.1, 0.15) is 70.7 Å². The first-order valence-electron chi connectivity index (χ1n) is 14.4. The largest absolute Gasteiger partial charge is 0.444 e. The van der Waals surface area contributed by atoms with Gasteiger partial charge >= 0.3 is 6.09 Å². The smallest absolute Gasteiger partial charge is 0.411 e. The van der Waals surface area contributed by atoms with Gasteiger partial charge < -0.3 is 15.2 Å².